The summed E-state index contributed by atoms with van der Waals surface area (Å²) in [6, 6.07) is 9.43. The largest absolute Gasteiger partial charge is 0.495 e. The minimum absolute atomic E-state index is 0.143. The highest BCUT2D eigenvalue weighted by Gasteiger charge is 2.30. The summed E-state index contributed by atoms with van der Waals surface area (Å²) in [5, 5.41) is 2.63. The van der Waals surface area contributed by atoms with Gasteiger partial charge in [0.15, 0.2) is 0 Å². The van der Waals surface area contributed by atoms with Gasteiger partial charge in [-0.1, -0.05) is 12.1 Å². The molecule has 6 nitrogen and oxygen atoms in total. The Morgan fingerprint density at radius 3 is 2.44 bits per heavy atom. The van der Waals surface area contributed by atoms with Crippen LogP contribution >= 0.6 is 0 Å². The van der Waals surface area contributed by atoms with Crippen LogP contribution in [0, 0.1) is 0 Å². The van der Waals surface area contributed by atoms with Gasteiger partial charge in [-0.25, -0.2) is 0 Å². The molecule has 2 amide bonds. The number of carbonyl (C=O) groups is 2. The Kier molecular flexibility index (Phi) is 7.19. The molecule has 9 heteroatoms. The second-order valence-electron chi connectivity index (χ2n) is 7.46. The van der Waals surface area contributed by atoms with Crippen molar-refractivity contribution in [3.8, 4) is 5.75 Å². The van der Waals surface area contributed by atoms with Gasteiger partial charge in [0.1, 0.15) is 5.75 Å². The van der Waals surface area contributed by atoms with Crippen LogP contribution in [0.5, 0.6) is 5.75 Å². The van der Waals surface area contributed by atoms with Crippen LogP contribution in [0.1, 0.15) is 21.5 Å². The number of likely N-dealkylation sites (N-methyl/N-ethyl adjacent to an activating group) is 1. The molecule has 1 N–H and O–H groups in total. The molecule has 0 atom stereocenters. The van der Waals surface area contributed by atoms with Crippen LogP contribution in [0.3, 0.4) is 0 Å². The molecule has 0 bridgehead atoms. The number of rotatable bonds is 5. The summed E-state index contributed by atoms with van der Waals surface area (Å²) in [6.45, 7) is 2.79. The van der Waals surface area contributed by atoms with E-state index in [4.69, 9.17) is 4.74 Å². The van der Waals surface area contributed by atoms with E-state index in [9.17, 15) is 22.8 Å². The summed E-state index contributed by atoms with van der Waals surface area (Å²) in [5.41, 5.74) is 0.150. The maximum atomic E-state index is 12.8. The van der Waals surface area contributed by atoms with Gasteiger partial charge in [-0.05, 0) is 49.0 Å². The quantitative estimate of drug-likeness (QED) is 0.710. The van der Waals surface area contributed by atoms with E-state index in [-0.39, 0.29) is 11.5 Å². The van der Waals surface area contributed by atoms with E-state index < -0.39 is 17.6 Å². The Hall–Kier alpha value is -3.33. The third-order valence-corrected chi connectivity index (χ3v) is 5.14. The molecule has 0 aliphatic carbocycles. The lowest BCUT2D eigenvalue weighted by Gasteiger charge is -2.32. The third kappa shape index (κ3) is 5.88. The van der Waals surface area contributed by atoms with Crippen molar-refractivity contribution in [2.24, 2.45) is 0 Å². The van der Waals surface area contributed by atoms with E-state index >= 15 is 0 Å². The van der Waals surface area contributed by atoms with Crippen molar-refractivity contribution in [3.05, 3.63) is 65.2 Å². The van der Waals surface area contributed by atoms with E-state index in [1.807, 2.05) is 7.05 Å². The third-order valence-electron chi connectivity index (χ3n) is 5.14. The number of ether oxygens (including phenoxy) is 1. The Balaban J connectivity index is 1.73. The molecule has 2 aromatic rings. The van der Waals surface area contributed by atoms with E-state index in [0.29, 0.717) is 30.1 Å². The van der Waals surface area contributed by atoms with Gasteiger partial charge in [0.05, 0.1) is 18.4 Å². The van der Waals surface area contributed by atoms with Crippen LogP contribution in [-0.2, 0) is 11.0 Å². The molecule has 170 valence electrons. The molecule has 3 rings (SSSR count). The molecule has 0 saturated carbocycles. The van der Waals surface area contributed by atoms with E-state index in [1.54, 1.807) is 17.0 Å². The summed E-state index contributed by atoms with van der Waals surface area (Å²) in [6.07, 6.45) is -2.05. The molecular weight excluding hydrogens is 423 g/mol. The Morgan fingerprint density at radius 2 is 1.78 bits per heavy atom. The Morgan fingerprint density at radius 1 is 1.06 bits per heavy atom. The van der Waals surface area contributed by atoms with Gasteiger partial charge < -0.3 is 19.9 Å². The fraction of sp³-hybridized carbons (Fsp3) is 0.304. The smallest absolute Gasteiger partial charge is 0.416 e. The molecule has 2 aromatic carbocycles. The minimum atomic E-state index is -4.46. The van der Waals surface area contributed by atoms with Crippen LogP contribution in [0.4, 0.5) is 18.9 Å². The predicted octanol–water partition coefficient (Wildman–Crippen LogP) is 3.75. The second-order valence-corrected chi connectivity index (χ2v) is 7.46. The second kappa shape index (κ2) is 9.86. The van der Waals surface area contributed by atoms with Crippen molar-refractivity contribution in [2.75, 3.05) is 45.7 Å². The molecule has 32 heavy (non-hydrogen) atoms. The summed E-state index contributed by atoms with van der Waals surface area (Å²) in [4.78, 5) is 29.1. The number of piperazine rings is 1. The highest BCUT2D eigenvalue weighted by molar-refractivity contribution is 6.04. The van der Waals surface area contributed by atoms with Gasteiger partial charge in [0, 0.05) is 37.8 Å². The van der Waals surface area contributed by atoms with Gasteiger partial charge in [-0.15, -0.1) is 0 Å². The molecule has 0 radical (unpaired) electrons. The molecule has 1 fully saturated rings. The van der Waals surface area contributed by atoms with Crippen molar-refractivity contribution >= 4 is 23.6 Å². The fourth-order valence-electron chi connectivity index (χ4n) is 3.30. The topological polar surface area (TPSA) is 61.9 Å². The number of benzene rings is 2. The average molecular weight is 447 g/mol. The normalized spacial score (nSPS) is 15.1. The van der Waals surface area contributed by atoms with Gasteiger partial charge in [-0.2, -0.15) is 13.2 Å². The zero-order chi connectivity index (χ0) is 23.3. The van der Waals surface area contributed by atoms with Crippen molar-refractivity contribution in [2.45, 2.75) is 6.18 Å². The predicted molar refractivity (Wildman–Crippen MR) is 116 cm³/mol. The number of hydrogen-bond acceptors (Lipinski definition) is 4. The number of halogens is 3. The van der Waals surface area contributed by atoms with Crippen LogP contribution in [0.15, 0.2) is 48.5 Å². The molecule has 0 aromatic heterocycles. The first-order chi connectivity index (χ1) is 15.2. The van der Waals surface area contributed by atoms with Crippen molar-refractivity contribution in [1.29, 1.82) is 0 Å². The summed E-state index contributed by atoms with van der Waals surface area (Å²) in [7, 11) is 3.43. The van der Waals surface area contributed by atoms with Gasteiger partial charge >= 0.3 is 6.18 Å². The minimum Gasteiger partial charge on any atom is -0.495 e. The van der Waals surface area contributed by atoms with Gasteiger partial charge in [0.2, 0.25) is 5.91 Å². The summed E-state index contributed by atoms with van der Waals surface area (Å²) in [5.74, 6) is -0.346. The van der Waals surface area contributed by atoms with Crippen LogP contribution in [0.25, 0.3) is 6.08 Å². The average Bonchev–Trinajstić information content (AvgIpc) is 2.77. The molecule has 0 spiro atoms. The lowest BCUT2D eigenvalue weighted by molar-refractivity contribution is -0.137. The molecule has 1 saturated heterocycles. The SMILES string of the molecule is COc1ccc(C(=O)N2CCN(C)CC2)cc1NC(=O)/C=C/c1cccc(C(F)(F)F)c1. The van der Waals surface area contributed by atoms with Crippen LogP contribution in [0.2, 0.25) is 0 Å². The van der Waals surface area contributed by atoms with Gasteiger partial charge in [-0.3, -0.25) is 9.59 Å². The standard InChI is InChI=1S/C23H24F3N3O3/c1-28-10-12-29(13-11-28)22(31)17-7-8-20(32-2)19(15-17)27-21(30)9-6-16-4-3-5-18(14-16)23(24,25)26/h3-9,14-15H,10-13H2,1-2H3,(H,27,30)/b9-6+. The first-order valence-electron chi connectivity index (χ1n) is 9.99. The van der Waals surface area contributed by atoms with Crippen molar-refractivity contribution < 1.29 is 27.5 Å². The van der Waals surface area contributed by atoms with Crippen LogP contribution < -0.4 is 10.1 Å². The highest BCUT2D eigenvalue weighted by Crippen LogP contribution is 2.30. The number of anilines is 1. The zero-order valence-corrected chi connectivity index (χ0v) is 17.8. The first kappa shape index (κ1) is 23.3. The van der Waals surface area contributed by atoms with E-state index in [2.05, 4.69) is 10.2 Å². The van der Waals surface area contributed by atoms with E-state index in [1.165, 1.54) is 31.4 Å². The Labute approximate surface area is 184 Å². The molecule has 1 aliphatic rings. The lowest BCUT2D eigenvalue weighted by atomic mass is 10.1. The number of alkyl halides is 3. The fourth-order valence-corrected chi connectivity index (χ4v) is 3.30. The Bertz CT molecular complexity index is 1010. The summed E-state index contributed by atoms with van der Waals surface area (Å²) < 4.78 is 43.8. The number of carbonyl (C=O) groups excluding carboxylic acids is 2. The molecular formula is C23H24F3N3O3. The highest BCUT2D eigenvalue weighted by atomic mass is 19.4. The first-order valence-corrected chi connectivity index (χ1v) is 9.99. The van der Waals surface area contributed by atoms with Crippen molar-refractivity contribution in [3.63, 3.8) is 0 Å². The zero-order valence-electron chi connectivity index (χ0n) is 17.8. The summed E-state index contributed by atoms with van der Waals surface area (Å²) >= 11 is 0. The number of hydrogen-bond donors (Lipinski definition) is 1. The molecule has 1 aliphatic heterocycles. The van der Waals surface area contributed by atoms with Crippen LogP contribution in [-0.4, -0.2) is 62.0 Å². The number of nitrogens with one attached hydrogen (secondary N) is 1. The van der Waals surface area contributed by atoms with E-state index in [0.717, 1.165) is 31.3 Å². The van der Waals surface area contributed by atoms with Crippen molar-refractivity contribution in [1.82, 2.24) is 9.80 Å². The monoisotopic (exact) mass is 447 g/mol. The maximum absolute atomic E-state index is 12.8. The van der Waals surface area contributed by atoms with Gasteiger partial charge in [0.25, 0.3) is 5.91 Å². The molecule has 0 unspecified atom stereocenters. The lowest BCUT2D eigenvalue weighted by Crippen LogP contribution is -2.47. The molecule has 1 heterocycles. The maximum Gasteiger partial charge on any atom is 0.416 e. The number of methoxy groups -OCH3 is 1. The number of amides is 2. The number of nitrogens with zero attached hydrogens (tertiary/aromatic N) is 2.